The second-order valence-corrected chi connectivity index (χ2v) is 6.24. The summed E-state index contributed by atoms with van der Waals surface area (Å²) < 4.78 is 11.0. The molecule has 0 aliphatic carbocycles. The smallest absolute Gasteiger partial charge is 0.261 e. The number of hydrogen-bond acceptors (Lipinski definition) is 7. The fourth-order valence-corrected chi connectivity index (χ4v) is 3.01. The molecule has 8 heteroatoms. The predicted molar refractivity (Wildman–Crippen MR) is 91.9 cm³/mol. The largest absolute Gasteiger partial charge is 0.476 e. The molecule has 1 fully saturated rings. The van der Waals surface area contributed by atoms with Gasteiger partial charge in [0.1, 0.15) is 18.2 Å². The molecule has 0 radical (unpaired) electrons. The lowest BCUT2D eigenvalue weighted by atomic mass is 10.4. The molecular weight excluding hydrogens is 328 g/mol. The van der Waals surface area contributed by atoms with Crippen LogP contribution in [0.15, 0.2) is 23.6 Å². The number of aryl methyl sites for hydroxylation is 1. The van der Waals surface area contributed by atoms with Gasteiger partial charge in [0.15, 0.2) is 0 Å². The van der Waals surface area contributed by atoms with Crippen molar-refractivity contribution in [1.82, 2.24) is 15.3 Å². The van der Waals surface area contributed by atoms with Crippen LogP contribution >= 0.6 is 11.3 Å². The molecule has 2 aromatic heterocycles. The van der Waals surface area contributed by atoms with Gasteiger partial charge >= 0.3 is 0 Å². The average Bonchev–Trinajstić information content (AvgIpc) is 3.14. The van der Waals surface area contributed by atoms with Crippen molar-refractivity contribution in [1.29, 1.82) is 0 Å². The first-order valence-electron chi connectivity index (χ1n) is 7.85. The highest BCUT2D eigenvalue weighted by molar-refractivity contribution is 7.12. The molecule has 7 nitrogen and oxygen atoms in total. The van der Waals surface area contributed by atoms with Crippen molar-refractivity contribution in [3.63, 3.8) is 0 Å². The third-order valence-electron chi connectivity index (χ3n) is 3.52. The number of rotatable bonds is 6. The SMILES string of the molecule is Cc1nc(OCCNC(=O)c2cccs2)cc(N2CCOCC2)n1. The van der Waals surface area contributed by atoms with E-state index in [-0.39, 0.29) is 5.91 Å². The summed E-state index contributed by atoms with van der Waals surface area (Å²) in [5.41, 5.74) is 0. The van der Waals surface area contributed by atoms with Gasteiger partial charge in [0.25, 0.3) is 5.91 Å². The van der Waals surface area contributed by atoms with E-state index in [1.54, 1.807) is 6.07 Å². The van der Waals surface area contributed by atoms with Crippen molar-refractivity contribution in [2.75, 3.05) is 44.4 Å². The first-order chi connectivity index (χ1) is 11.7. The first kappa shape index (κ1) is 16.7. The number of nitrogens with zero attached hydrogens (tertiary/aromatic N) is 3. The van der Waals surface area contributed by atoms with Crippen LogP contribution in [-0.2, 0) is 4.74 Å². The Kier molecular flexibility index (Phi) is 5.60. The summed E-state index contributed by atoms with van der Waals surface area (Å²) in [4.78, 5) is 23.4. The first-order valence-corrected chi connectivity index (χ1v) is 8.73. The average molecular weight is 348 g/mol. The van der Waals surface area contributed by atoms with E-state index >= 15 is 0 Å². The van der Waals surface area contributed by atoms with Crippen molar-refractivity contribution >= 4 is 23.1 Å². The minimum Gasteiger partial charge on any atom is -0.476 e. The van der Waals surface area contributed by atoms with E-state index in [9.17, 15) is 4.79 Å². The Labute approximate surface area is 144 Å². The zero-order valence-corrected chi connectivity index (χ0v) is 14.3. The maximum absolute atomic E-state index is 11.8. The van der Waals surface area contributed by atoms with E-state index in [4.69, 9.17) is 9.47 Å². The van der Waals surface area contributed by atoms with Gasteiger partial charge in [-0.05, 0) is 18.4 Å². The maximum atomic E-state index is 11.8. The maximum Gasteiger partial charge on any atom is 0.261 e. The Bertz CT molecular complexity index is 672. The lowest BCUT2D eigenvalue weighted by Crippen LogP contribution is -2.37. The van der Waals surface area contributed by atoms with Crippen molar-refractivity contribution in [2.24, 2.45) is 0 Å². The molecule has 0 atom stereocenters. The molecule has 1 saturated heterocycles. The second kappa shape index (κ2) is 8.07. The van der Waals surface area contributed by atoms with Crippen molar-refractivity contribution in [3.05, 3.63) is 34.3 Å². The van der Waals surface area contributed by atoms with E-state index in [0.717, 1.165) is 18.9 Å². The number of amides is 1. The minimum atomic E-state index is -0.0820. The molecule has 0 unspecified atom stereocenters. The molecule has 0 saturated carbocycles. The Hall–Kier alpha value is -2.19. The van der Waals surface area contributed by atoms with Gasteiger partial charge in [-0.15, -0.1) is 11.3 Å². The van der Waals surface area contributed by atoms with Gasteiger partial charge in [-0.25, -0.2) is 4.98 Å². The van der Waals surface area contributed by atoms with Crippen LogP contribution < -0.4 is 15.0 Å². The number of hydrogen-bond donors (Lipinski definition) is 1. The summed E-state index contributed by atoms with van der Waals surface area (Å²) in [6.45, 7) is 5.65. The molecule has 1 amide bonds. The van der Waals surface area contributed by atoms with Crippen LogP contribution in [0.2, 0.25) is 0 Å². The molecule has 24 heavy (non-hydrogen) atoms. The highest BCUT2D eigenvalue weighted by Gasteiger charge is 2.14. The number of ether oxygens (including phenoxy) is 2. The highest BCUT2D eigenvalue weighted by Crippen LogP contribution is 2.18. The standard InChI is InChI=1S/C16H20N4O3S/c1-12-18-14(20-5-8-22-9-6-20)11-15(19-12)23-7-4-17-16(21)13-3-2-10-24-13/h2-3,10-11H,4-9H2,1H3,(H,17,21). The molecule has 0 bridgehead atoms. The van der Waals surface area contributed by atoms with Gasteiger partial charge in [-0.3, -0.25) is 4.79 Å². The summed E-state index contributed by atoms with van der Waals surface area (Å²) in [6.07, 6.45) is 0. The number of aromatic nitrogens is 2. The molecule has 2 aromatic rings. The second-order valence-electron chi connectivity index (χ2n) is 5.29. The number of morpholine rings is 1. The lowest BCUT2D eigenvalue weighted by molar-refractivity contribution is 0.0950. The summed E-state index contributed by atoms with van der Waals surface area (Å²) in [6, 6.07) is 5.48. The third kappa shape index (κ3) is 4.42. The Balaban J connectivity index is 1.51. The molecule has 3 heterocycles. The van der Waals surface area contributed by atoms with Crippen molar-refractivity contribution in [3.8, 4) is 5.88 Å². The predicted octanol–water partition coefficient (Wildman–Crippen LogP) is 1.49. The van der Waals surface area contributed by atoms with Crippen LogP contribution in [0.4, 0.5) is 5.82 Å². The van der Waals surface area contributed by atoms with Crippen molar-refractivity contribution in [2.45, 2.75) is 6.92 Å². The normalized spacial score (nSPS) is 14.5. The summed E-state index contributed by atoms with van der Waals surface area (Å²) >= 11 is 1.42. The van der Waals surface area contributed by atoms with E-state index in [1.807, 2.05) is 24.4 Å². The minimum absolute atomic E-state index is 0.0820. The molecule has 1 aliphatic rings. The highest BCUT2D eigenvalue weighted by atomic mass is 32.1. The third-order valence-corrected chi connectivity index (χ3v) is 4.39. The lowest BCUT2D eigenvalue weighted by Gasteiger charge is -2.28. The van der Waals surface area contributed by atoms with Gasteiger partial charge in [0, 0.05) is 19.2 Å². The van der Waals surface area contributed by atoms with E-state index in [2.05, 4.69) is 20.2 Å². The van der Waals surface area contributed by atoms with Crippen LogP contribution in [0.5, 0.6) is 5.88 Å². The molecule has 1 N–H and O–H groups in total. The number of anilines is 1. The van der Waals surface area contributed by atoms with Gasteiger partial charge in [0.05, 0.1) is 24.6 Å². The fraction of sp³-hybridized carbons (Fsp3) is 0.438. The Morgan fingerprint density at radius 2 is 2.25 bits per heavy atom. The quantitative estimate of drug-likeness (QED) is 0.797. The van der Waals surface area contributed by atoms with Crippen LogP contribution in [0.25, 0.3) is 0 Å². The van der Waals surface area contributed by atoms with Gasteiger partial charge in [-0.2, -0.15) is 4.98 Å². The Morgan fingerprint density at radius 3 is 3.00 bits per heavy atom. The number of thiophene rings is 1. The molecular formula is C16H20N4O3S. The van der Waals surface area contributed by atoms with E-state index in [0.29, 0.717) is 42.9 Å². The zero-order chi connectivity index (χ0) is 16.8. The number of nitrogens with one attached hydrogen (secondary N) is 1. The zero-order valence-electron chi connectivity index (χ0n) is 13.5. The number of carbonyl (C=O) groups is 1. The van der Waals surface area contributed by atoms with E-state index < -0.39 is 0 Å². The molecule has 3 rings (SSSR count). The fourth-order valence-electron chi connectivity index (χ4n) is 2.37. The molecule has 128 valence electrons. The molecule has 0 spiro atoms. The van der Waals surface area contributed by atoms with Gasteiger partial charge in [0.2, 0.25) is 5.88 Å². The van der Waals surface area contributed by atoms with Gasteiger partial charge < -0.3 is 19.7 Å². The summed E-state index contributed by atoms with van der Waals surface area (Å²) in [5.74, 6) is 1.95. The Morgan fingerprint density at radius 1 is 1.42 bits per heavy atom. The van der Waals surface area contributed by atoms with Crippen LogP contribution in [0.1, 0.15) is 15.5 Å². The van der Waals surface area contributed by atoms with E-state index in [1.165, 1.54) is 11.3 Å². The van der Waals surface area contributed by atoms with Crippen LogP contribution in [-0.4, -0.2) is 55.3 Å². The summed E-state index contributed by atoms with van der Waals surface area (Å²) in [5, 5.41) is 4.70. The van der Waals surface area contributed by atoms with Crippen molar-refractivity contribution < 1.29 is 14.3 Å². The van der Waals surface area contributed by atoms with Crippen LogP contribution in [0, 0.1) is 6.92 Å². The topological polar surface area (TPSA) is 76.6 Å². The molecule has 1 aliphatic heterocycles. The van der Waals surface area contributed by atoms with Gasteiger partial charge in [-0.1, -0.05) is 6.07 Å². The van der Waals surface area contributed by atoms with Crippen LogP contribution in [0.3, 0.4) is 0 Å². The molecule has 0 aromatic carbocycles. The monoisotopic (exact) mass is 348 g/mol. The number of carbonyl (C=O) groups excluding carboxylic acids is 1. The summed E-state index contributed by atoms with van der Waals surface area (Å²) in [7, 11) is 0.